The van der Waals surface area contributed by atoms with E-state index in [0.29, 0.717) is 10.4 Å². The molecule has 0 heterocycles. The van der Waals surface area contributed by atoms with Crippen LogP contribution in [0.5, 0.6) is 0 Å². The Labute approximate surface area is 124 Å². The molecule has 1 fully saturated rings. The topological polar surface area (TPSA) is 75.3 Å². The zero-order valence-corrected chi connectivity index (χ0v) is 12.8. The Morgan fingerprint density at radius 1 is 1.45 bits per heavy atom. The summed E-state index contributed by atoms with van der Waals surface area (Å²) in [5.74, 6) is -0.977. The number of aromatic carboxylic acids is 1. The Hall–Kier alpha value is -1.36. The standard InChI is InChI=1S/C15H22N2O2S/c1-10-7-11(8-12(13(10)16)14(18)19)17-9-15(20-2)5-3-4-6-15/h7-8,17H,3-6,9,16H2,1-2H3,(H,18,19). The van der Waals surface area contributed by atoms with Crippen LogP contribution < -0.4 is 11.1 Å². The van der Waals surface area contributed by atoms with Gasteiger partial charge in [0.2, 0.25) is 0 Å². The van der Waals surface area contributed by atoms with Crippen molar-refractivity contribution in [2.75, 3.05) is 23.9 Å². The fourth-order valence-corrected chi connectivity index (χ4v) is 3.73. The summed E-state index contributed by atoms with van der Waals surface area (Å²) in [6.45, 7) is 2.71. The van der Waals surface area contributed by atoms with E-state index in [2.05, 4.69) is 11.6 Å². The van der Waals surface area contributed by atoms with Gasteiger partial charge in [0, 0.05) is 22.7 Å². The number of carboxylic acid groups (broad SMARTS) is 1. The van der Waals surface area contributed by atoms with Gasteiger partial charge in [-0.3, -0.25) is 0 Å². The summed E-state index contributed by atoms with van der Waals surface area (Å²) in [5, 5.41) is 12.6. The van der Waals surface area contributed by atoms with Gasteiger partial charge in [0.15, 0.2) is 0 Å². The predicted octanol–water partition coefficient (Wildman–Crippen LogP) is 3.36. The molecule has 1 saturated carbocycles. The zero-order valence-electron chi connectivity index (χ0n) is 12.0. The molecule has 4 N–H and O–H groups in total. The van der Waals surface area contributed by atoms with Gasteiger partial charge in [0.05, 0.1) is 5.56 Å². The van der Waals surface area contributed by atoms with Crippen molar-refractivity contribution in [3.8, 4) is 0 Å². The number of anilines is 2. The molecule has 0 amide bonds. The van der Waals surface area contributed by atoms with E-state index in [9.17, 15) is 9.90 Å². The molecule has 0 radical (unpaired) electrons. The van der Waals surface area contributed by atoms with E-state index in [1.54, 1.807) is 6.07 Å². The van der Waals surface area contributed by atoms with E-state index in [1.807, 2.05) is 24.8 Å². The third-order valence-electron chi connectivity index (χ3n) is 4.18. The van der Waals surface area contributed by atoms with Crippen LogP contribution in [-0.4, -0.2) is 28.6 Å². The number of benzene rings is 1. The predicted molar refractivity (Wildman–Crippen MR) is 85.8 cm³/mol. The van der Waals surface area contributed by atoms with Gasteiger partial charge in [0.1, 0.15) is 0 Å². The summed E-state index contributed by atoms with van der Waals surface area (Å²) in [4.78, 5) is 11.2. The highest BCUT2D eigenvalue weighted by molar-refractivity contribution is 8.00. The van der Waals surface area contributed by atoms with Crippen LogP contribution in [0.2, 0.25) is 0 Å². The van der Waals surface area contributed by atoms with Crippen LogP contribution >= 0.6 is 11.8 Å². The number of nitrogen functional groups attached to an aromatic ring is 1. The molecule has 20 heavy (non-hydrogen) atoms. The first-order chi connectivity index (χ1) is 9.47. The fourth-order valence-electron chi connectivity index (χ4n) is 2.81. The minimum Gasteiger partial charge on any atom is -0.478 e. The molecule has 1 aliphatic rings. The van der Waals surface area contributed by atoms with Gasteiger partial charge in [-0.2, -0.15) is 11.8 Å². The van der Waals surface area contributed by atoms with Gasteiger partial charge in [-0.05, 0) is 43.7 Å². The first kappa shape index (κ1) is 15.0. The summed E-state index contributed by atoms with van der Waals surface area (Å²) in [7, 11) is 0. The average molecular weight is 294 g/mol. The Kier molecular flexibility index (Phi) is 4.48. The third kappa shape index (κ3) is 3.03. The second-order valence-electron chi connectivity index (χ2n) is 5.51. The van der Waals surface area contributed by atoms with E-state index in [0.717, 1.165) is 17.8 Å². The number of nitrogens with two attached hydrogens (primary N) is 1. The molecule has 0 atom stereocenters. The molecule has 0 saturated heterocycles. The monoisotopic (exact) mass is 294 g/mol. The van der Waals surface area contributed by atoms with Crippen LogP contribution in [-0.2, 0) is 0 Å². The largest absolute Gasteiger partial charge is 0.478 e. The van der Waals surface area contributed by atoms with Crippen LogP contribution in [0.3, 0.4) is 0 Å². The summed E-state index contributed by atoms with van der Waals surface area (Å²) in [6.07, 6.45) is 7.17. The maximum atomic E-state index is 11.2. The lowest BCUT2D eigenvalue weighted by molar-refractivity contribution is 0.0698. The second-order valence-corrected chi connectivity index (χ2v) is 6.78. The van der Waals surface area contributed by atoms with Crippen LogP contribution in [0, 0.1) is 6.92 Å². The Bertz CT molecular complexity index is 511. The summed E-state index contributed by atoms with van der Waals surface area (Å²) in [6, 6.07) is 3.55. The first-order valence-corrected chi connectivity index (χ1v) is 8.12. The van der Waals surface area contributed by atoms with Crippen molar-refractivity contribution in [2.45, 2.75) is 37.4 Å². The smallest absolute Gasteiger partial charge is 0.337 e. The number of thioether (sulfide) groups is 1. The maximum absolute atomic E-state index is 11.2. The molecular weight excluding hydrogens is 272 g/mol. The molecule has 2 rings (SSSR count). The normalized spacial score (nSPS) is 17.1. The van der Waals surface area contributed by atoms with Crippen molar-refractivity contribution in [1.82, 2.24) is 0 Å². The lowest BCUT2D eigenvalue weighted by atomic mass is 10.0. The maximum Gasteiger partial charge on any atom is 0.337 e. The second kappa shape index (κ2) is 5.95. The number of carbonyl (C=O) groups is 1. The lowest BCUT2D eigenvalue weighted by Gasteiger charge is -2.27. The summed E-state index contributed by atoms with van der Waals surface area (Å²) in [5.41, 5.74) is 7.98. The van der Waals surface area contributed by atoms with E-state index < -0.39 is 5.97 Å². The van der Waals surface area contributed by atoms with Crippen LogP contribution in [0.1, 0.15) is 41.6 Å². The van der Waals surface area contributed by atoms with Gasteiger partial charge in [-0.25, -0.2) is 4.79 Å². The van der Waals surface area contributed by atoms with E-state index in [-0.39, 0.29) is 5.56 Å². The minimum atomic E-state index is -0.977. The van der Waals surface area contributed by atoms with Gasteiger partial charge in [0.25, 0.3) is 0 Å². The molecule has 0 bridgehead atoms. The van der Waals surface area contributed by atoms with Crippen molar-refractivity contribution in [2.24, 2.45) is 0 Å². The van der Waals surface area contributed by atoms with Gasteiger partial charge in [-0.1, -0.05) is 12.8 Å². The zero-order chi connectivity index (χ0) is 14.8. The number of rotatable bonds is 5. The molecule has 0 unspecified atom stereocenters. The highest BCUT2D eigenvalue weighted by atomic mass is 32.2. The van der Waals surface area contributed by atoms with Crippen molar-refractivity contribution in [3.05, 3.63) is 23.3 Å². The third-order valence-corrected chi connectivity index (χ3v) is 5.60. The van der Waals surface area contributed by atoms with Crippen LogP contribution in [0.4, 0.5) is 11.4 Å². The first-order valence-electron chi connectivity index (χ1n) is 6.90. The highest BCUT2D eigenvalue weighted by Gasteiger charge is 2.32. The number of hydrogen-bond donors (Lipinski definition) is 3. The quantitative estimate of drug-likeness (QED) is 0.726. The van der Waals surface area contributed by atoms with Crippen molar-refractivity contribution in [1.29, 1.82) is 0 Å². The Balaban J connectivity index is 2.15. The summed E-state index contributed by atoms with van der Waals surface area (Å²) >= 11 is 1.91. The van der Waals surface area contributed by atoms with Gasteiger partial charge >= 0.3 is 5.97 Å². The lowest BCUT2D eigenvalue weighted by Crippen LogP contribution is -2.30. The average Bonchev–Trinajstić information content (AvgIpc) is 2.89. The number of aryl methyl sites for hydroxylation is 1. The molecule has 1 aromatic rings. The molecule has 1 aliphatic carbocycles. The van der Waals surface area contributed by atoms with Crippen molar-refractivity contribution >= 4 is 29.1 Å². The molecule has 1 aromatic carbocycles. The highest BCUT2D eigenvalue weighted by Crippen LogP contribution is 2.40. The van der Waals surface area contributed by atoms with E-state index >= 15 is 0 Å². The Morgan fingerprint density at radius 3 is 2.65 bits per heavy atom. The van der Waals surface area contributed by atoms with E-state index in [1.165, 1.54) is 25.7 Å². The summed E-state index contributed by atoms with van der Waals surface area (Å²) < 4.78 is 0.290. The number of nitrogens with one attached hydrogen (secondary N) is 1. The van der Waals surface area contributed by atoms with E-state index in [4.69, 9.17) is 5.73 Å². The molecule has 0 aliphatic heterocycles. The SMILES string of the molecule is CSC1(CNc2cc(C)c(N)c(C(=O)O)c2)CCCC1. The molecule has 4 nitrogen and oxygen atoms in total. The number of hydrogen-bond acceptors (Lipinski definition) is 4. The minimum absolute atomic E-state index is 0.178. The van der Waals surface area contributed by atoms with Crippen molar-refractivity contribution < 1.29 is 9.90 Å². The van der Waals surface area contributed by atoms with Crippen molar-refractivity contribution in [3.63, 3.8) is 0 Å². The number of carboxylic acids is 1. The Morgan fingerprint density at radius 2 is 2.10 bits per heavy atom. The molecule has 0 aromatic heterocycles. The van der Waals surface area contributed by atoms with Crippen LogP contribution in [0.15, 0.2) is 12.1 Å². The van der Waals surface area contributed by atoms with Gasteiger partial charge < -0.3 is 16.2 Å². The molecule has 5 heteroatoms. The molecule has 0 spiro atoms. The van der Waals surface area contributed by atoms with Gasteiger partial charge in [-0.15, -0.1) is 0 Å². The molecule has 110 valence electrons. The fraction of sp³-hybridized carbons (Fsp3) is 0.533. The molecular formula is C15H22N2O2S. The van der Waals surface area contributed by atoms with Crippen LogP contribution in [0.25, 0.3) is 0 Å².